The quantitative estimate of drug-likeness (QED) is 0.728. The van der Waals surface area contributed by atoms with Gasteiger partial charge in [0.15, 0.2) is 0 Å². The van der Waals surface area contributed by atoms with Crippen LogP contribution in [-0.4, -0.2) is 42.5 Å². The molecule has 0 aliphatic heterocycles. The number of benzene rings is 1. The number of aryl methyl sites for hydroxylation is 1. The fourth-order valence-electron chi connectivity index (χ4n) is 1.66. The van der Waals surface area contributed by atoms with E-state index in [2.05, 4.69) is 5.32 Å². The number of methoxy groups -OCH3 is 1. The molecule has 1 unspecified atom stereocenters. The molecule has 0 aromatic heterocycles. The third-order valence-corrected chi connectivity index (χ3v) is 3.89. The molecule has 1 amide bonds. The van der Waals surface area contributed by atoms with Crippen molar-refractivity contribution in [1.82, 2.24) is 5.32 Å². The molecule has 0 heterocycles. The summed E-state index contributed by atoms with van der Waals surface area (Å²) in [7, 11) is 1.44. The number of carboxylic acid groups (broad SMARTS) is 1. The van der Waals surface area contributed by atoms with Gasteiger partial charge in [0, 0.05) is 19.4 Å². The molecule has 0 saturated carbocycles. The first kappa shape index (κ1) is 17.5. The van der Waals surface area contributed by atoms with Crippen molar-refractivity contribution in [3.8, 4) is 0 Å². The molecule has 1 aromatic carbocycles. The lowest BCUT2D eigenvalue weighted by Gasteiger charge is -2.13. The van der Waals surface area contributed by atoms with Gasteiger partial charge in [-0.1, -0.05) is 29.8 Å². The summed E-state index contributed by atoms with van der Waals surface area (Å²) >= 11 is 1.52. The van der Waals surface area contributed by atoms with Crippen molar-refractivity contribution in [2.75, 3.05) is 19.4 Å². The van der Waals surface area contributed by atoms with Gasteiger partial charge in [0.25, 0.3) is 0 Å². The van der Waals surface area contributed by atoms with E-state index in [1.54, 1.807) is 0 Å². The Morgan fingerprint density at radius 3 is 2.57 bits per heavy atom. The molecule has 1 rings (SSSR count). The average Bonchev–Trinajstić information content (AvgIpc) is 2.45. The Balaban J connectivity index is 2.21. The highest BCUT2D eigenvalue weighted by Crippen LogP contribution is 2.12. The summed E-state index contributed by atoms with van der Waals surface area (Å²) in [4.78, 5) is 22.2. The van der Waals surface area contributed by atoms with E-state index in [9.17, 15) is 9.59 Å². The molecule has 5 nitrogen and oxygen atoms in total. The maximum Gasteiger partial charge on any atom is 0.306 e. The predicted octanol–water partition coefficient (Wildman–Crippen LogP) is 1.83. The molecule has 0 aliphatic rings. The third-order valence-electron chi connectivity index (χ3n) is 2.89. The number of thioether (sulfide) groups is 1. The number of ether oxygens (including phenoxy) is 1. The van der Waals surface area contributed by atoms with Crippen molar-refractivity contribution in [1.29, 1.82) is 0 Å². The number of carboxylic acids is 1. The van der Waals surface area contributed by atoms with Crippen LogP contribution in [0.25, 0.3) is 0 Å². The number of carbonyl (C=O) groups is 2. The van der Waals surface area contributed by atoms with Gasteiger partial charge in [-0.3, -0.25) is 9.59 Å². The van der Waals surface area contributed by atoms with Crippen LogP contribution < -0.4 is 5.32 Å². The minimum absolute atomic E-state index is 0.112. The zero-order valence-corrected chi connectivity index (χ0v) is 13.1. The van der Waals surface area contributed by atoms with Gasteiger partial charge in [-0.2, -0.15) is 0 Å². The van der Waals surface area contributed by atoms with Crippen LogP contribution in [0.5, 0.6) is 0 Å². The van der Waals surface area contributed by atoms with Crippen molar-refractivity contribution in [2.45, 2.75) is 25.2 Å². The number of rotatable bonds is 9. The van der Waals surface area contributed by atoms with Crippen LogP contribution in [0.3, 0.4) is 0 Å². The van der Waals surface area contributed by atoms with Crippen LogP contribution in [0.1, 0.15) is 17.5 Å². The molecule has 1 atom stereocenters. The molecule has 0 bridgehead atoms. The molecule has 0 fully saturated rings. The van der Waals surface area contributed by atoms with Crippen molar-refractivity contribution in [3.05, 3.63) is 35.4 Å². The summed E-state index contributed by atoms with van der Waals surface area (Å²) in [6.07, 6.45) is -0.610. The molecule has 2 N–H and O–H groups in total. The van der Waals surface area contributed by atoms with Gasteiger partial charge in [-0.15, -0.1) is 11.8 Å². The Kier molecular flexibility index (Phi) is 7.85. The van der Waals surface area contributed by atoms with Crippen LogP contribution in [-0.2, 0) is 20.1 Å². The summed E-state index contributed by atoms with van der Waals surface area (Å²) in [6.45, 7) is 2.25. The van der Waals surface area contributed by atoms with Gasteiger partial charge in [-0.25, -0.2) is 0 Å². The first-order valence-corrected chi connectivity index (χ1v) is 7.81. The second kappa shape index (κ2) is 9.41. The number of aliphatic carboxylic acids is 1. The van der Waals surface area contributed by atoms with Crippen molar-refractivity contribution in [2.24, 2.45) is 0 Å². The third kappa shape index (κ3) is 7.72. The van der Waals surface area contributed by atoms with E-state index in [1.807, 2.05) is 31.2 Å². The normalized spacial score (nSPS) is 11.9. The second-order valence-electron chi connectivity index (χ2n) is 4.74. The molecule has 1 aromatic rings. The first-order valence-electron chi connectivity index (χ1n) is 6.66. The maximum absolute atomic E-state index is 11.7. The Labute approximate surface area is 129 Å². The number of hydrogen-bond acceptors (Lipinski definition) is 4. The largest absolute Gasteiger partial charge is 0.481 e. The highest BCUT2D eigenvalue weighted by Gasteiger charge is 2.13. The minimum Gasteiger partial charge on any atom is -0.481 e. The number of nitrogens with one attached hydrogen (secondary N) is 1. The van der Waals surface area contributed by atoms with Gasteiger partial charge in [0.1, 0.15) is 0 Å². The van der Waals surface area contributed by atoms with Crippen molar-refractivity contribution >= 4 is 23.6 Å². The average molecular weight is 311 g/mol. The zero-order chi connectivity index (χ0) is 15.7. The van der Waals surface area contributed by atoms with Crippen molar-refractivity contribution in [3.63, 3.8) is 0 Å². The highest BCUT2D eigenvalue weighted by atomic mass is 32.2. The summed E-state index contributed by atoms with van der Waals surface area (Å²) < 4.78 is 4.99. The molecule has 0 aliphatic carbocycles. The molecule has 0 spiro atoms. The number of hydrogen-bond donors (Lipinski definition) is 2. The smallest absolute Gasteiger partial charge is 0.306 e. The number of carbonyl (C=O) groups excluding carboxylic acids is 1. The standard InChI is InChI=1S/C15H21NO4S/c1-11-3-5-12(6-4-11)9-21-10-14(17)16-8-13(20-2)7-15(18)19/h3-6,13H,7-10H2,1-2H3,(H,16,17)(H,18,19). The van der Waals surface area contributed by atoms with E-state index in [1.165, 1.54) is 30.0 Å². The molecule has 0 radical (unpaired) electrons. The Hall–Kier alpha value is -1.53. The molecular formula is C15H21NO4S. The van der Waals surface area contributed by atoms with E-state index < -0.39 is 12.1 Å². The lowest BCUT2D eigenvalue weighted by molar-refractivity contribution is -0.140. The Bertz CT molecular complexity index is 461. The van der Waals surface area contributed by atoms with Crippen LogP contribution in [0.4, 0.5) is 0 Å². The minimum atomic E-state index is -0.940. The lowest BCUT2D eigenvalue weighted by Crippen LogP contribution is -2.35. The highest BCUT2D eigenvalue weighted by molar-refractivity contribution is 7.99. The van der Waals surface area contributed by atoms with Crippen LogP contribution in [0.2, 0.25) is 0 Å². The van der Waals surface area contributed by atoms with E-state index in [0.29, 0.717) is 5.75 Å². The van der Waals surface area contributed by atoms with E-state index in [0.717, 1.165) is 5.75 Å². The topological polar surface area (TPSA) is 75.6 Å². The predicted molar refractivity (Wildman–Crippen MR) is 83.4 cm³/mol. The van der Waals surface area contributed by atoms with Crippen molar-refractivity contribution < 1.29 is 19.4 Å². The van der Waals surface area contributed by atoms with Crippen LogP contribution in [0, 0.1) is 6.92 Å². The van der Waals surface area contributed by atoms with Crippen LogP contribution >= 0.6 is 11.8 Å². The van der Waals surface area contributed by atoms with E-state index in [-0.39, 0.29) is 18.9 Å². The SMILES string of the molecule is COC(CNC(=O)CSCc1ccc(C)cc1)CC(=O)O. The maximum atomic E-state index is 11.7. The Morgan fingerprint density at radius 1 is 1.33 bits per heavy atom. The molecule has 6 heteroatoms. The molecule has 21 heavy (non-hydrogen) atoms. The summed E-state index contributed by atoms with van der Waals surface area (Å²) in [5, 5.41) is 11.4. The summed E-state index contributed by atoms with van der Waals surface area (Å²) in [6, 6.07) is 8.19. The summed E-state index contributed by atoms with van der Waals surface area (Å²) in [5.41, 5.74) is 2.39. The molecule has 0 saturated heterocycles. The number of amides is 1. The Morgan fingerprint density at radius 2 is 2.00 bits per heavy atom. The monoisotopic (exact) mass is 311 g/mol. The van der Waals surface area contributed by atoms with Gasteiger partial charge in [0.05, 0.1) is 18.3 Å². The first-order chi connectivity index (χ1) is 10.0. The van der Waals surface area contributed by atoms with Gasteiger partial charge in [-0.05, 0) is 12.5 Å². The second-order valence-corrected chi connectivity index (χ2v) is 5.72. The lowest BCUT2D eigenvalue weighted by atomic mass is 10.2. The zero-order valence-electron chi connectivity index (χ0n) is 12.3. The van der Waals surface area contributed by atoms with Crippen LogP contribution in [0.15, 0.2) is 24.3 Å². The van der Waals surface area contributed by atoms with Gasteiger partial charge < -0.3 is 15.2 Å². The fraction of sp³-hybridized carbons (Fsp3) is 0.467. The van der Waals surface area contributed by atoms with E-state index in [4.69, 9.17) is 9.84 Å². The van der Waals surface area contributed by atoms with E-state index >= 15 is 0 Å². The van der Waals surface area contributed by atoms with Gasteiger partial charge in [0.2, 0.25) is 5.91 Å². The summed E-state index contributed by atoms with van der Waals surface area (Å²) in [5.74, 6) is 0.0675. The fourth-order valence-corrected chi connectivity index (χ4v) is 2.48. The molecule has 116 valence electrons. The van der Waals surface area contributed by atoms with Gasteiger partial charge >= 0.3 is 5.97 Å². The molecular weight excluding hydrogens is 290 g/mol.